The van der Waals surface area contributed by atoms with Crippen LogP contribution < -0.4 is 38.6 Å². The molecule has 0 fully saturated rings. The highest BCUT2D eigenvalue weighted by Gasteiger charge is 2.31. The Hall–Kier alpha value is -3.68. The summed E-state index contributed by atoms with van der Waals surface area (Å²) in [5, 5.41) is 55.6. The monoisotopic (exact) mass is 807 g/mol. The molecular weight excluding hydrogens is 744 g/mol. The summed E-state index contributed by atoms with van der Waals surface area (Å²) < 4.78 is 0. The zero-order chi connectivity index (χ0) is 41.2. The number of nitrogen functional groups attached to an aromatic ring is 2. The molecule has 56 heavy (non-hydrogen) atoms. The average Bonchev–Trinajstić information content (AvgIpc) is 3.17. The van der Waals surface area contributed by atoms with Gasteiger partial charge < -0.3 is 53.0 Å². The van der Waals surface area contributed by atoms with Crippen LogP contribution in [0.4, 0.5) is 11.6 Å². The van der Waals surface area contributed by atoms with Crippen molar-refractivity contribution < 1.29 is 40.1 Å². The molecule has 314 valence electrons. The maximum absolute atomic E-state index is 12.6. The first-order valence-electron chi connectivity index (χ1n) is 19.7. The summed E-state index contributed by atoms with van der Waals surface area (Å²) in [4.78, 5) is 37.8. The Balaban J connectivity index is 1.54. The molecule has 16 N–H and O–H groups in total. The number of nitrogens with zero attached hydrogens (tertiary/aromatic N) is 3. The Bertz CT molecular complexity index is 1590. The number of nitrogens with two attached hydrogens (primary N) is 4. The van der Waals surface area contributed by atoms with Gasteiger partial charge in [-0.25, -0.2) is 20.1 Å². The molecular formula is C38H64ClN10O7+. The van der Waals surface area contributed by atoms with E-state index in [0.29, 0.717) is 39.0 Å². The third-order valence-corrected chi connectivity index (χ3v) is 10.5. The highest BCUT2D eigenvalue weighted by atomic mass is 35.5. The fourth-order valence-electron chi connectivity index (χ4n) is 7.00. The number of anilines is 2. The third-order valence-electron chi connectivity index (χ3n) is 10.2. The van der Waals surface area contributed by atoms with Gasteiger partial charge in [-0.3, -0.25) is 15.5 Å². The highest BCUT2D eigenvalue weighted by Crippen LogP contribution is 2.29. The topological polar surface area (TPSA) is 306 Å². The number of aliphatic hydroxyl groups excluding tert-OH is 5. The van der Waals surface area contributed by atoms with Crippen LogP contribution in [0, 0.1) is 0 Å². The number of amides is 2. The van der Waals surface area contributed by atoms with Crippen LogP contribution in [0.2, 0.25) is 5.15 Å². The highest BCUT2D eigenvalue weighted by molar-refractivity contribution is 6.31. The van der Waals surface area contributed by atoms with Gasteiger partial charge >= 0.3 is 11.9 Å². The van der Waals surface area contributed by atoms with Gasteiger partial charge in [-0.05, 0) is 106 Å². The van der Waals surface area contributed by atoms with Gasteiger partial charge in [0, 0.05) is 6.54 Å². The molecule has 5 unspecified atom stereocenters. The third kappa shape index (κ3) is 14.7. The van der Waals surface area contributed by atoms with Crippen molar-refractivity contribution in [3.05, 3.63) is 45.2 Å². The number of hydrogen-bond acceptors (Lipinski definition) is 13. The summed E-state index contributed by atoms with van der Waals surface area (Å²) in [6.45, 7) is 3.74. The van der Waals surface area contributed by atoms with Gasteiger partial charge in [-0.15, -0.1) is 0 Å². The Morgan fingerprint density at radius 2 is 1.55 bits per heavy atom. The van der Waals surface area contributed by atoms with E-state index in [0.717, 1.165) is 76.2 Å². The number of fused-ring (bicyclic) bond motifs is 1. The van der Waals surface area contributed by atoms with E-state index in [9.17, 15) is 30.0 Å². The first kappa shape index (κ1) is 46.7. The van der Waals surface area contributed by atoms with E-state index in [1.807, 2.05) is 4.90 Å². The van der Waals surface area contributed by atoms with Crippen molar-refractivity contribution in [2.75, 3.05) is 50.8 Å². The van der Waals surface area contributed by atoms with Crippen LogP contribution in [0.15, 0.2) is 12.1 Å². The number of hydrogen-bond donors (Lipinski definition) is 12. The summed E-state index contributed by atoms with van der Waals surface area (Å²) in [5.74, 6) is -1.28. The molecule has 0 bridgehead atoms. The molecule has 3 rings (SSSR count). The molecule has 0 saturated heterocycles. The van der Waals surface area contributed by atoms with Gasteiger partial charge in [0.05, 0.1) is 25.3 Å². The van der Waals surface area contributed by atoms with E-state index in [1.165, 1.54) is 16.7 Å². The number of aliphatic hydroxyl groups is 5. The lowest BCUT2D eigenvalue weighted by atomic mass is 9.82. The van der Waals surface area contributed by atoms with Gasteiger partial charge in [-0.2, -0.15) is 0 Å². The molecule has 18 heteroatoms. The first-order valence-corrected chi connectivity index (χ1v) is 20.1. The number of carbonyl (C=O) groups excluding carboxylic acids is 2. The smallest absolute Gasteiger partial charge is 0.348 e. The van der Waals surface area contributed by atoms with E-state index in [4.69, 9.17) is 39.6 Å². The van der Waals surface area contributed by atoms with Crippen LogP contribution in [0.3, 0.4) is 0 Å². The summed E-state index contributed by atoms with van der Waals surface area (Å²) in [5.41, 5.74) is 28.0. The number of primary amides is 1. The molecule has 1 heterocycles. The Kier molecular flexibility index (Phi) is 20.2. The van der Waals surface area contributed by atoms with E-state index >= 15 is 0 Å². The maximum atomic E-state index is 12.6. The number of benzene rings is 1. The summed E-state index contributed by atoms with van der Waals surface area (Å²) >= 11 is 5.87. The lowest BCUT2D eigenvalue weighted by molar-refractivity contribution is -0.460. The van der Waals surface area contributed by atoms with Crippen LogP contribution in [-0.2, 0) is 30.5 Å². The molecule has 17 nitrogen and oxygen atoms in total. The summed E-state index contributed by atoms with van der Waals surface area (Å²) in [6, 6.07) is 3.70. The van der Waals surface area contributed by atoms with Gasteiger partial charge in [0.2, 0.25) is 5.91 Å². The van der Waals surface area contributed by atoms with Crippen molar-refractivity contribution in [3.63, 3.8) is 0 Å². The second kappa shape index (κ2) is 24.2. The van der Waals surface area contributed by atoms with Crippen LogP contribution in [0.5, 0.6) is 0 Å². The normalized spacial score (nSPS) is 15.9. The number of aryl methyl sites for hydroxylation is 1. The van der Waals surface area contributed by atoms with E-state index in [-0.39, 0.29) is 35.0 Å². The fourth-order valence-corrected chi connectivity index (χ4v) is 7.13. The summed E-state index contributed by atoms with van der Waals surface area (Å²) in [6.07, 6.45) is 5.64. The number of halogens is 1. The molecule has 1 aliphatic rings. The molecule has 0 saturated carbocycles. The number of nitrogens with one attached hydrogen (secondary N) is 3. The lowest BCUT2D eigenvalue weighted by Crippen LogP contribution is -2.79. The largest absolute Gasteiger partial charge is 0.394 e. The van der Waals surface area contributed by atoms with Crippen LogP contribution in [0.1, 0.15) is 97.5 Å². The van der Waals surface area contributed by atoms with Crippen LogP contribution >= 0.6 is 11.6 Å². The van der Waals surface area contributed by atoms with Crippen molar-refractivity contribution in [2.24, 2.45) is 11.5 Å². The van der Waals surface area contributed by atoms with E-state index in [1.54, 1.807) is 0 Å². The van der Waals surface area contributed by atoms with E-state index in [2.05, 4.69) is 44.7 Å². The predicted octanol–water partition coefficient (Wildman–Crippen LogP) is -1.98. The minimum Gasteiger partial charge on any atom is -0.394 e. The first-order chi connectivity index (χ1) is 26.8. The number of unbranched alkanes of at least 4 members (excludes halogenated alkanes) is 4. The molecule has 5 atom stereocenters. The molecule has 2 amide bonds. The SMILES string of the molecule is CCCCCCN(CCCNC(Cc1ccc(CCCC[NH+]=C(N)NC(=O)c2nc(Cl)c(N)nc2N)c2c1CCCC2)C(N)=O)CC(O)C(O)C(O)C(O)CO. The van der Waals surface area contributed by atoms with Crippen molar-refractivity contribution in [1.82, 2.24) is 25.5 Å². The molecule has 2 aromatic rings. The molecule has 0 radical (unpaired) electrons. The second-order valence-corrected chi connectivity index (χ2v) is 14.9. The zero-order valence-electron chi connectivity index (χ0n) is 32.6. The van der Waals surface area contributed by atoms with Crippen molar-refractivity contribution >= 4 is 41.0 Å². The van der Waals surface area contributed by atoms with E-state index < -0.39 is 48.9 Å². The summed E-state index contributed by atoms with van der Waals surface area (Å²) in [7, 11) is 0. The second-order valence-electron chi connectivity index (χ2n) is 14.6. The number of aromatic nitrogens is 2. The molecule has 0 spiro atoms. The van der Waals surface area contributed by atoms with Crippen molar-refractivity contribution in [1.29, 1.82) is 0 Å². The standard InChI is InChI=1S/C38H63ClN10O7/c1-2-3-4-9-18-49(21-28(51)31(53)32(54)29(52)22-50)19-10-17-44-27(36(42)55)20-24-15-14-23(25-12-5-6-13-26(24)25)11-7-8-16-45-38(43)48-37(56)30-34(40)47-35(41)33(39)46-30/h14-15,27-29,31-32,44,50-54H,2-13,16-22H2,1H3,(H2,42,55)(H4,40,41,47)(H3,43,45,48,56)/p+1. The quantitative estimate of drug-likeness (QED) is 0.0294. The van der Waals surface area contributed by atoms with Gasteiger partial charge in [0.15, 0.2) is 22.5 Å². The van der Waals surface area contributed by atoms with Crippen molar-refractivity contribution in [2.45, 2.75) is 121 Å². The Morgan fingerprint density at radius 3 is 2.23 bits per heavy atom. The molecule has 1 aromatic carbocycles. The number of carbonyl (C=O) groups is 2. The maximum Gasteiger partial charge on any atom is 0.348 e. The van der Waals surface area contributed by atoms with Gasteiger partial charge in [0.25, 0.3) is 0 Å². The minimum atomic E-state index is -1.68. The lowest BCUT2D eigenvalue weighted by Gasteiger charge is -2.30. The van der Waals surface area contributed by atoms with Gasteiger partial charge in [-0.1, -0.05) is 49.9 Å². The minimum absolute atomic E-state index is 0.0504. The number of guanidine groups is 1. The molecule has 0 aliphatic heterocycles. The fraction of sp³-hybridized carbons (Fsp3) is 0.658. The average molecular weight is 808 g/mol. The number of rotatable bonds is 25. The van der Waals surface area contributed by atoms with Gasteiger partial charge in [0.1, 0.15) is 18.3 Å². The zero-order valence-corrected chi connectivity index (χ0v) is 33.3. The molecule has 1 aliphatic carbocycles. The van der Waals surface area contributed by atoms with Crippen LogP contribution in [0.25, 0.3) is 0 Å². The molecule has 1 aromatic heterocycles. The van der Waals surface area contributed by atoms with Crippen molar-refractivity contribution in [3.8, 4) is 0 Å². The predicted molar refractivity (Wildman–Crippen MR) is 215 cm³/mol. The Labute approximate surface area is 334 Å². The Morgan fingerprint density at radius 1 is 0.893 bits per heavy atom. The van der Waals surface area contributed by atoms with Crippen LogP contribution in [-0.4, -0.2) is 128 Å².